The van der Waals surface area contributed by atoms with Crippen molar-refractivity contribution in [2.45, 2.75) is 19.6 Å². The molecule has 1 radical (unpaired) electrons. The minimum atomic E-state index is -5.02. The van der Waals surface area contributed by atoms with Crippen molar-refractivity contribution in [2.75, 3.05) is 5.32 Å². The number of nitrogens with one attached hydrogen (secondary N) is 1. The molecule has 0 aromatic heterocycles. The number of hydrogen-bond donors (Lipinski definition) is 6. The van der Waals surface area contributed by atoms with Crippen LogP contribution in [0.5, 0.6) is 5.75 Å². The average molecular weight is 991 g/mol. The first-order valence-corrected chi connectivity index (χ1v) is 24.4. The summed E-state index contributed by atoms with van der Waals surface area (Å²) in [5.41, 5.74) is 0.738. The number of rotatable bonds is 12. The number of nitrogens with zero attached hydrogens (tertiary/aromatic N) is 6. The number of benzene rings is 8. The van der Waals surface area contributed by atoms with Crippen molar-refractivity contribution in [3.05, 3.63) is 140 Å². The van der Waals surface area contributed by atoms with Crippen LogP contribution in [0.15, 0.2) is 190 Å². The van der Waals surface area contributed by atoms with Gasteiger partial charge in [0.15, 0.2) is 5.75 Å². The summed E-state index contributed by atoms with van der Waals surface area (Å²) >= 11 is 0. The van der Waals surface area contributed by atoms with Gasteiger partial charge in [0, 0.05) is 67.9 Å². The van der Waals surface area contributed by atoms with Crippen LogP contribution >= 0.6 is 0 Å². The van der Waals surface area contributed by atoms with E-state index in [1.807, 2.05) is 30.3 Å². The van der Waals surface area contributed by atoms with Crippen molar-refractivity contribution in [3.8, 4) is 5.75 Å². The largest absolute Gasteiger partial charge is 0.505 e. The van der Waals surface area contributed by atoms with Gasteiger partial charge in [-0.2, -0.15) is 38.8 Å². The maximum absolute atomic E-state index is 12.7. The topological polar surface area (TPSA) is 324 Å². The van der Waals surface area contributed by atoms with Gasteiger partial charge in [-0.25, -0.2) is 0 Å². The minimum absolute atomic E-state index is 0. The predicted octanol–water partition coefficient (Wildman–Crippen LogP) is 10.4. The third kappa shape index (κ3) is 10.7. The van der Waals surface area contributed by atoms with Gasteiger partial charge in [-0.05, 0) is 109 Å². The van der Waals surface area contributed by atoms with Crippen LogP contribution in [0.1, 0.15) is 0 Å². The normalized spacial score (nSPS) is 12.7. The fraction of sp³-hybridized carbons (Fsp3) is 0. The van der Waals surface area contributed by atoms with Crippen LogP contribution in [-0.2, 0) is 40.5 Å². The standard InChI is InChI=1S/C42H29N7O13S4.Na/c50-42-31-12-9-26(43-25-5-2-1-3-6-25)19-24(31)20-40(66(60,61)62)41(42)49-48-37-16-18-39(35-23-30(65(57,58)59)11-14-33(35)37)47-46-38-17-15-36(32-13-10-29(22-34(32)38)64(54,55)56)45-44-27-7-4-8-28(21-27)63(51,52)53;/h1-23,43,50H,(H,51,52,53)(H,54,55,56)(H,57,58,59)(H,60,61,62);. The molecule has 0 saturated carbocycles. The summed E-state index contributed by atoms with van der Waals surface area (Å²) in [5, 5.41) is 40.2. The Bertz CT molecular complexity index is 3880. The van der Waals surface area contributed by atoms with Crippen molar-refractivity contribution in [1.82, 2.24) is 0 Å². The number of hydrogen-bond acceptors (Lipinski definition) is 16. The number of fused-ring (bicyclic) bond motifs is 3. The fourth-order valence-corrected chi connectivity index (χ4v) is 8.89. The maximum Gasteiger partial charge on any atom is 0.296 e. The molecule has 8 rings (SSSR count). The first-order chi connectivity index (χ1) is 31.1. The predicted molar refractivity (Wildman–Crippen MR) is 247 cm³/mol. The molecule has 0 bridgehead atoms. The first kappa shape index (κ1) is 48.5. The molecule has 0 saturated heterocycles. The van der Waals surface area contributed by atoms with Gasteiger partial charge in [-0.15, -0.1) is 25.6 Å². The van der Waals surface area contributed by atoms with Gasteiger partial charge >= 0.3 is 0 Å². The molecular formula is C42H29N7NaO13S4. The van der Waals surface area contributed by atoms with Crippen LogP contribution in [0.2, 0.25) is 0 Å². The minimum Gasteiger partial charge on any atom is -0.505 e. The fourth-order valence-electron chi connectivity index (χ4n) is 6.70. The molecule has 8 aromatic rings. The third-order valence-corrected chi connectivity index (χ3v) is 13.2. The molecule has 0 aliphatic heterocycles. The second-order valence-corrected chi connectivity index (χ2v) is 19.8. The summed E-state index contributed by atoms with van der Waals surface area (Å²) < 4.78 is 137. The van der Waals surface area contributed by atoms with Crippen LogP contribution in [-0.4, -0.2) is 86.5 Å². The Kier molecular flexibility index (Phi) is 13.5. The van der Waals surface area contributed by atoms with E-state index < -0.39 is 71.5 Å². The van der Waals surface area contributed by atoms with Gasteiger partial charge in [-0.1, -0.05) is 36.4 Å². The van der Waals surface area contributed by atoms with E-state index in [9.17, 15) is 57.0 Å². The molecule has 0 spiro atoms. The summed E-state index contributed by atoms with van der Waals surface area (Å²) in [6, 6.07) is 32.1. The van der Waals surface area contributed by atoms with Gasteiger partial charge in [0.1, 0.15) is 10.6 Å². The van der Waals surface area contributed by atoms with E-state index in [2.05, 4.69) is 36.0 Å². The van der Waals surface area contributed by atoms with Crippen molar-refractivity contribution in [2.24, 2.45) is 30.7 Å². The molecule has 6 N–H and O–H groups in total. The van der Waals surface area contributed by atoms with E-state index in [-0.39, 0.29) is 90.3 Å². The van der Waals surface area contributed by atoms with Gasteiger partial charge in [0.2, 0.25) is 0 Å². The number of phenolic OH excluding ortho intramolecular Hbond substituents is 1. The van der Waals surface area contributed by atoms with Crippen LogP contribution in [0, 0.1) is 0 Å². The Balaban J connectivity index is 0.00000666. The molecular weight excluding hydrogens is 962 g/mol. The molecule has 335 valence electrons. The van der Waals surface area contributed by atoms with Crippen molar-refractivity contribution in [3.63, 3.8) is 0 Å². The molecule has 0 unspecified atom stereocenters. The molecule has 67 heavy (non-hydrogen) atoms. The van der Waals surface area contributed by atoms with Crippen LogP contribution in [0.4, 0.5) is 45.5 Å². The molecule has 8 aromatic carbocycles. The number of para-hydroxylation sites is 1. The maximum atomic E-state index is 12.7. The quantitative estimate of drug-likeness (QED) is 0.0377. The Morgan fingerprint density at radius 1 is 0.388 bits per heavy atom. The Morgan fingerprint density at radius 2 is 0.866 bits per heavy atom. The van der Waals surface area contributed by atoms with Crippen LogP contribution in [0.25, 0.3) is 32.3 Å². The van der Waals surface area contributed by atoms with Crippen molar-refractivity contribution in [1.29, 1.82) is 0 Å². The number of azo groups is 3. The summed E-state index contributed by atoms with van der Waals surface area (Å²) in [5.74, 6) is -0.637. The third-order valence-electron chi connectivity index (χ3n) is 9.78. The molecule has 0 fully saturated rings. The van der Waals surface area contributed by atoms with Crippen LogP contribution in [0.3, 0.4) is 0 Å². The Hall–Kier alpha value is -6.42. The summed E-state index contributed by atoms with van der Waals surface area (Å²) in [4.78, 5) is -2.31. The molecule has 0 atom stereocenters. The van der Waals surface area contributed by atoms with E-state index >= 15 is 0 Å². The Morgan fingerprint density at radius 3 is 1.39 bits per heavy atom. The van der Waals surface area contributed by atoms with E-state index in [4.69, 9.17) is 0 Å². The number of phenols is 1. The van der Waals surface area contributed by atoms with Crippen molar-refractivity contribution < 1.29 is 57.0 Å². The SMILES string of the molecule is O=S(=O)(O)c1cccc(N=Nc2ccc(N=Nc3ccc(N=Nc4c(S(=O)(=O)O)cc5cc(Nc6ccccc6)ccc5c4O)c4ccc(S(=O)(=O)O)cc34)c3cc(S(=O)(=O)O)ccc23)c1.[Na]. The zero-order valence-corrected chi connectivity index (χ0v) is 39.4. The molecule has 0 heterocycles. The van der Waals surface area contributed by atoms with Gasteiger partial charge in [-0.3, -0.25) is 18.2 Å². The Labute approximate surface area is 402 Å². The smallest absolute Gasteiger partial charge is 0.296 e. The zero-order chi connectivity index (χ0) is 47.2. The van der Waals surface area contributed by atoms with Gasteiger partial charge in [0.05, 0.1) is 43.1 Å². The van der Waals surface area contributed by atoms with E-state index in [0.717, 1.165) is 48.2 Å². The molecule has 0 amide bonds. The number of aromatic hydroxyl groups is 1. The molecule has 25 heteroatoms. The second-order valence-electron chi connectivity index (χ2n) is 14.1. The molecule has 0 aliphatic rings. The van der Waals surface area contributed by atoms with E-state index in [1.54, 1.807) is 12.1 Å². The average Bonchev–Trinajstić information content (AvgIpc) is 3.26. The second kappa shape index (κ2) is 18.7. The van der Waals surface area contributed by atoms with E-state index in [0.29, 0.717) is 5.69 Å². The first-order valence-electron chi connectivity index (χ1n) is 18.6. The summed E-state index contributed by atoms with van der Waals surface area (Å²) in [6.45, 7) is 0. The van der Waals surface area contributed by atoms with Gasteiger partial charge in [0.25, 0.3) is 40.5 Å². The summed E-state index contributed by atoms with van der Waals surface area (Å²) in [6.07, 6.45) is 0. The van der Waals surface area contributed by atoms with Crippen LogP contribution < -0.4 is 5.32 Å². The van der Waals surface area contributed by atoms with Gasteiger partial charge < -0.3 is 10.4 Å². The van der Waals surface area contributed by atoms with Crippen molar-refractivity contribution >= 4 is 148 Å². The molecule has 0 aliphatic carbocycles. The van der Waals surface area contributed by atoms with E-state index in [1.165, 1.54) is 54.6 Å². The monoisotopic (exact) mass is 990 g/mol. The molecule has 20 nitrogen and oxygen atoms in total. The summed E-state index contributed by atoms with van der Waals surface area (Å²) in [7, 11) is -19.1. The zero-order valence-electron chi connectivity index (χ0n) is 34.1. The number of anilines is 2.